The molecule has 27 heavy (non-hydrogen) atoms. The summed E-state index contributed by atoms with van der Waals surface area (Å²) in [6.45, 7) is 2.87. The number of carbonyl (C=O) groups excluding carboxylic acids is 4. The SMILES string of the molecule is CN(CC1CCNC1)c1ccc2c(c1)C(=O)N(C1CCC(=O)NC1=O)C2=O. The average Bonchev–Trinajstić information content (AvgIpc) is 3.23. The summed E-state index contributed by atoms with van der Waals surface area (Å²) in [6.07, 6.45) is 1.40. The van der Waals surface area contributed by atoms with Gasteiger partial charge in [0.05, 0.1) is 11.1 Å². The molecule has 2 atom stereocenters. The summed E-state index contributed by atoms with van der Waals surface area (Å²) in [4.78, 5) is 52.1. The van der Waals surface area contributed by atoms with Crippen molar-refractivity contribution < 1.29 is 19.2 Å². The van der Waals surface area contributed by atoms with Crippen LogP contribution < -0.4 is 15.5 Å². The molecule has 1 aromatic carbocycles. The van der Waals surface area contributed by atoms with Gasteiger partial charge in [0.25, 0.3) is 11.8 Å². The van der Waals surface area contributed by atoms with E-state index in [2.05, 4.69) is 15.5 Å². The Morgan fingerprint density at radius 2 is 1.89 bits per heavy atom. The number of carbonyl (C=O) groups is 4. The fourth-order valence-corrected chi connectivity index (χ4v) is 4.06. The van der Waals surface area contributed by atoms with Crippen molar-refractivity contribution in [2.24, 2.45) is 5.92 Å². The Labute approximate surface area is 156 Å². The highest BCUT2D eigenvalue weighted by atomic mass is 16.2. The first-order valence-corrected chi connectivity index (χ1v) is 9.23. The van der Waals surface area contributed by atoms with Gasteiger partial charge in [-0.3, -0.25) is 29.4 Å². The second-order valence-corrected chi connectivity index (χ2v) is 7.42. The topological polar surface area (TPSA) is 98.8 Å². The number of hydrogen-bond acceptors (Lipinski definition) is 6. The molecule has 2 saturated heterocycles. The monoisotopic (exact) mass is 370 g/mol. The van der Waals surface area contributed by atoms with E-state index >= 15 is 0 Å². The zero-order chi connectivity index (χ0) is 19.1. The third kappa shape index (κ3) is 3.10. The number of amides is 4. The molecular formula is C19H22N4O4. The van der Waals surface area contributed by atoms with Crippen molar-refractivity contribution in [3.63, 3.8) is 0 Å². The largest absolute Gasteiger partial charge is 0.374 e. The predicted octanol–water partition coefficient (Wildman–Crippen LogP) is 0.134. The van der Waals surface area contributed by atoms with E-state index in [0.29, 0.717) is 17.0 Å². The van der Waals surface area contributed by atoms with Crippen LogP contribution in [0.25, 0.3) is 0 Å². The molecule has 4 rings (SSSR count). The van der Waals surface area contributed by atoms with Crippen LogP contribution in [0.2, 0.25) is 0 Å². The first-order valence-electron chi connectivity index (χ1n) is 9.23. The molecule has 3 aliphatic heterocycles. The summed E-state index contributed by atoms with van der Waals surface area (Å²) >= 11 is 0. The van der Waals surface area contributed by atoms with E-state index < -0.39 is 23.8 Å². The molecule has 4 amide bonds. The van der Waals surface area contributed by atoms with E-state index in [9.17, 15) is 19.2 Å². The lowest BCUT2D eigenvalue weighted by Gasteiger charge is -2.27. The molecule has 1 aromatic rings. The Bertz CT molecular complexity index is 831. The zero-order valence-electron chi connectivity index (χ0n) is 15.2. The van der Waals surface area contributed by atoms with Gasteiger partial charge >= 0.3 is 0 Å². The van der Waals surface area contributed by atoms with Crippen LogP contribution in [-0.4, -0.2) is 61.3 Å². The molecule has 8 heteroatoms. The van der Waals surface area contributed by atoms with E-state index in [4.69, 9.17) is 0 Å². The van der Waals surface area contributed by atoms with Crippen molar-refractivity contribution in [3.8, 4) is 0 Å². The van der Waals surface area contributed by atoms with Gasteiger partial charge in [0.1, 0.15) is 6.04 Å². The minimum absolute atomic E-state index is 0.118. The Balaban J connectivity index is 1.56. The third-order valence-electron chi connectivity index (χ3n) is 5.56. The molecule has 0 spiro atoms. The van der Waals surface area contributed by atoms with Crippen LogP contribution in [0.4, 0.5) is 5.69 Å². The van der Waals surface area contributed by atoms with Gasteiger partial charge < -0.3 is 10.2 Å². The number of piperidine rings is 1. The Kier molecular flexibility index (Phi) is 4.43. The van der Waals surface area contributed by atoms with Crippen molar-refractivity contribution in [1.29, 1.82) is 0 Å². The number of imide groups is 2. The standard InChI is InChI=1S/C19H22N4O4/c1-22(10-11-6-7-20-9-11)12-2-3-13-14(8-12)19(27)23(18(13)26)15-4-5-16(24)21-17(15)25/h2-3,8,11,15,20H,4-7,9-10H2,1H3,(H,21,24,25). The number of benzene rings is 1. The lowest BCUT2D eigenvalue weighted by molar-refractivity contribution is -0.136. The van der Waals surface area contributed by atoms with Gasteiger partial charge in [-0.25, -0.2) is 0 Å². The van der Waals surface area contributed by atoms with E-state index in [1.165, 1.54) is 0 Å². The van der Waals surface area contributed by atoms with Crippen molar-refractivity contribution in [2.75, 3.05) is 31.6 Å². The maximum Gasteiger partial charge on any atom is 0.262 e. The van der Waals surface area contributed by atoms with Crippen molar-refractivity contribution in [2.45, 2.75) is 25.3 Å². The van der Waals surface area contributed by atoms with Crippen LogP contribution in [0.15, 0.2) is 18.2 Å². The van der Waals surface area contributed by atoms with Gasteiger partial charge in [-0.1, -0.05) is 0 Å². The van der Waals surface area contributed by atoms with Crippen LogP contribution in [0.3, 0.4) is 0 Å². The Morgan fingerprint density at radius 1 is 1.11 bits per heavy atom. The third-order valence-corrected chi connectivity index (χ3v) is 5.56. The Hall–Kier alpha value is -2.74. The normalized spacial score (nSPS) is 25.0. The van der Waals surface area contributed by atoms with Crippen LogP contribution in [0.5, 0.6) is 0 Å². The molecule has 2 unspecified atom stereocenters. The summed E-state index contributed by atoms with van der Waals surface area (Å²) in [5.74, 6) is -1.36. The van der Waals surface area contributed by atoms with Crippen LogP contribution in [0.1, 0.15) is 40.0 Å². The second-order valence-electron chi connectivity index (χ2n) is 7.42. The lowest BCUT2D eigenvalue weighted by Crippen LogP contribution is -2.54. The minimum atomic E-state index is -0.930. The van der Waals surface area contributed by atoms with Crippen molar-refractivity contribution in [3.05, 3.63) is 29.3 Å². The van der Waals surface area contributed by atoms with E-state index in [1.54, 1.807) is 12.1 Å². The summed E-state index contributed by atoms with van der Waals surface area (Å²) in [5.41, 5.74) is 1.50. The number of nitrogens with zero attached hydrogens (tertiary/aromatic N) is 2. The van der Waals surface area contributed by atoms with Gasteiger partial charge in [0.15, 0.2) is 0 Å². The Morgan fingerprint density at radius 3 is 2.59 bits per heavy atom. The van der Waals surface area contributed by atoms with E-state index in [0.717, 1.165) is 36.6 Å². The smallest absolute Gasteiger partial charge is 0.262 e. The van der Waals surface area contributed by atoms with Gasteiger partial charge in [0, 0.05) is 25.7 Å². The predicted molar refractivity (Wildman–Crippen MR) is 97.4 cm³/mol. The summed E-state index contributed by atoms with van der Waals surface area (Å²) in [6, 6.07) is 4.28. The molecule has 3 heterocycles. The maximum atomic E-state index is 12.9. The first kappa shape index (κ1) is 17.7. The van der Waals surface area contributed by atoms with Crippen LogP contribution >= 0.6 is 0 Å². The molecule has 142 valence electrons. The molecule has 0 saturated carbocycles. The summed E-state index contributed by atoms with van der Waals surface area (Å²) < 4.78 is 0. The minimum Gasteiger partial charge on any atom is -0.374 e. The number of anilines is 1. The quantitative estimate of drug-likeness (QED) is 0.732. The van der Waals surface area contributed by atoms with Gasteiger partial charge in [0.2, 0.25) is 11.8 Å². The molecule has 0 bridgehead atoms. The molecule has 2 fully saturated rings. The van der Waals surface area contributed by atoms with Crippen molar-refractivity contribution in [1.82, 2.24) is 15.5 Å². The maximum absolute atomic E-state index is 12.9. The average molecular weight is 370 g/mol. The molecular weight excluding hydrogens is 348 g/mol. The first-order chi connectivity index (χ1) is 13.0. The fourth-order valence-electron chi connectivity index (χ4n) is 4.06. The highest BCUT2D eigenvalue weighted by molar-refractivity contribution is 6.23. The number of hydrogen-bond donors (Lipinski definition) is 2. The van der Waals surface area contributed by atoms with Gasteiger partial charge in [-0.2, -0.15) is 0 Å². The molecule has 0 aromatic heterocycles. The highest BCUT2D eigenvalue weighted by Crippen LogP contribution is 2.30. The van der Waals surface area contributed by atoms with Crippen LogP contribution in [-0.2, 0) is 9.59 Å². The molecule has 8 nitrogen and oxygen atoms in total. The van der Waals surface area contributed by atoms with E-state index in [-0.39, 0.29) is 18.7 Å². The highest BCUT2D eigenvalue weighted by Gasteiger charge is 2.44. The van der Waals surface area contributed by atoms with Crippen LogP contribution in [0, 0.1) is 5.92 Å². The molecule has 3 aliphatic rings. The number of rotatable bonds is 4. The molecule has 0 aliphatic carbocycles. The number of fused-ring (bicyclic) bond motifs is 1. The van der Waals surface area contributed by atoms with E-state index in [1.807, 2.05) is 13.1 Å². The fraction of sp³-hybridized carbons (Fsp3) is 0.474. The van der Waals surface area contributed by atoms with Crippen molar-refractivity contribution >= 4 is 29.3 Å². The second kappa shape index (κ2) is 6.77. The summed E-state index contributed by atoms with van der Waals surface area (Å²) in [7, 11) is 1.97. The number of nitrogens with one attached hydrogen (secondary N) is 2. The molecule has 0 radical (unpaired) electrons. The summed E-state index contributed by atoms with van der Waals surface area (Å²) in [5, 5.41) is 5.55. The van der Waals surface area contributed by atoms with Gasteiger partial charge in [-0.05, 0) is 50.0 Å². The zero-order valence-corrected chi connectivity index (χ0v) is 15.2. The van der Waals surface area contributed by atoms with Gasteiger partial charge in [-0.15, -0.1) is 0 Å². The molecule has 2 N–H and O–H groups in total. The lowest BCUT2D eigenvalue weighted by atomic mass is 10.0.